The lowest BCUT2D eigenvalue weighted by Crippen LogP contribution is -2.26. The summed E-state index contributed by atoms with van der Waals surface area (Å²) in [6, 6.07) is 0. The van der Waals surface area contributed by atoms with Crippen molar-refractivity contribution >= 4 is 16.5 Å². The van der Waals surface area contributed by atoms with E-state index in [1.54, 1.807) is 18.4 Å². The van der Waals surface area contributed by atoms with Crippen molar-refractivity contribution in [3.05, 3.63) is 10.6 Å². The van der Waals surface area contributed by atoms with Gasteiger partial charge < -0.3 is 15.4 Å². The Kier molecular flexibility index (Phi) is 5.41. The molecule has 0 saturated carbocycles. The van der Waals surface area contributed by atoms with Crippen LogP contribution in [0.2, 0.25) is 0 Å². The van der Waals surface area contributed by atoms with E-state index < -0.39 is 0 Å². The summed E-state index contributed by atoms with van der Waals surface area (Å²) in [5, 5.41) is 1.13. The fourth-order valence-electron chi connectivity index (χ4n) is 2.35. The fourth-order valence-corrected chi connectivity index (χ4v) is 3.35. The summed E-state index contributed by atoms with van der Waals surface area (Å²) in [5.41, 5.74) is 6.79. The van der Waals surface area contributed by atoms with Crippen molar-refractivity contribution in [1.29, 1.82) is 0 Å². The third kappa shape index (κ3) is 3.43. The van der Waals surface area contributed by atoms with Crippen LogP contribution in [0.3, 0.4) is 0 Å². The largest absolute Gasteiger partial charge is 0.378 e. The summed E-state index contributed by atoms with van der Waals surface area (Å²) >= 11 is 1.73. The molecule has 1 aliphatic heterocycles. The molecule has 4 nitrogen and oxygen atoms in total. The van der Waals surface area contributed by atoms with Crippen LogP contribution in [-0.2, 0) is 17.9 Å². The number of anilines is 1. The number of methoxy groups -OCH3 is 1. The monoisotopic (exact) mass is 269 g/mol. The van der Waals surface area contributed by atoms with Gasteiger partial charge in [0.2, 0.25) is 0 Å². The van der Waals surface area contributed by atoms with E-state index in [4.69, 9.17) is 15.5 Å². The van der Waals surface area contributed by atoms with Gasteiger partial charge in [-0.05, 0) is 12.8 Å². The summed E-state index contributed by atoms with van der Waals surface area (Å²) in [6.45, 7) is 3.38. The highest BCUT2D eigenvalue weighted by atomic mass is 32.1. The van der Waals surface area contributed by atoms with E-state index in [0.29, 0.717) is 13.2 Å². The van der Waals surface area contributed by atoms with Crippen molar-refractivity contribution < 1.29 is 4.74 Å². The zero-order valence-corrected chi connectivity index (χ0v) is 12.0. The maximum Gasteiger partial charge on any atom is 0.185 e. The highest BCUT2D eigenvalue weighted by molar-refractivity contribution is 7.15. The SMILES string of the molecule is COCc1nc(N2CCCCCCC2)sc1CN. The van der Waals surface area contributed by atoms with Crippen LogP contribution in [0, 0.1) is 0 Å². The summed E-state index contributed by atoms with van der Waals surface area (Å²) in [6.07, 6.45) is 6.62. The molecule has 0 atom stereocenters. The van der Waals surface area contributed by atoms with E-state index in [1.165, 1.54) is 32.1 Å². The summed E-state index contributed by atoms with van der Waals surface area (Å²) in [7, 11) is 1.70. The van der Waals surface area contributed by atoms with E-state index >= 15 is 0 Å². The molecule has 102 valence electrons. The summed E-state index contributed by atoms with van der Waals surface area (Å²) in [4.78, 5) is 8.29. The van der Waals surface area contributed by atoms with Gasteiger partial charge in [0, 0.05) is 31.6 Å². The summed E-state index contributed by atoms with van der Waals surface area (Å²) in [5.74, 6) is 0. The van der Waals surface area contributed by atoms with Crippen LogP contribution < -0.4 is 10.6 Å². The van der Waals surface area contributed by atoms with Crippen molar-refractivity contribution in [2.24, 2.45) is 5.73 Å². The third-order valence-corrected chi connectivity index (χ3v) is 4.54. The first-order valence-electron chi connectivity index (χ1n) is 6.77. The lowest BCUT2D eigenvalue weighted by molar-refractivity contribution is 0.181. The Balaban J connectivity index is 2.10. The highest BCUT2D eigenvalue weighted by Crippen LogP contribution is 2.28. The van der Waals surface area contributed by atoms with Crippen molar-refractivity contribution in [3.63, 3.8) is 0 Å². The molecule has 0 amide bonds. The molecule has 18 heavy (non-hydrogen) atoms. The molecule has 2 N–H and O–H groups in total. The molecule has 0 bridgehead atoms. The van der Waals surface area contributed by atoms with Gasteiger partial charge in [-0.25, -0.2) is 4.98 Å². The number of nitrogens with zero attached hydrogens (tertiary/aromatic N) is 2. The number of rotatable bonds is 4. The van der Waals surface area contributed by atoms with E-state index in [1.807, 2.05) is 0 Å². The first-order chi connectivity index (χ1) is 8.85. The summed E-state index contributed by atoms with van der Waals surface area (Å²) < 4.78 is 5.19. The van der Waals surface area contributed by atoms with Crippen LogP contribution in [0.25, 0.3) is 0 Å². The van der Waals surface area contributed by atoms with Crippen LogP contribution in [0.5, 0.6) is 0 Å². The molecule has 5 heteroatoms. The smallest absolute Gasteiger partial charge is 0.185 e. The molecule has 2 heterocycles. The van der Waals surface area contributed by atoms with Crippen LogP contribution in [0.15, 0.2) is 0 Å². The molecule has 0 radical (unpaired) electrons. The molecule has 0 aromatic carbocycles. The lowest BCUT2D eigenvalue weighted by atomic mass is 10.1. The average molecular weight is 269 g/mol. The molecule has 1 aromatic rings. The Morgan fingerprint density at radius 1 is 1.22 bits per heavy atom. The molecule has 0 aliphatic carbocycles. The topological polar surface area (TPSA) is 51.4 Å². The van der Waals surface area contributed by atoms with Crippen molar-refractivity contribution in [2.45, 2.75) is 45.3 Å². The molecule has 1 aromatic heterocycles. The number of hydrogen-bond donors (Lipinski definition) is 1. The minimum Gasteiger partial charge on any atom is -0.378 e. The van der Waals surface area contributed by atoms with E-state index in [2.05, 4.69) is 4.90 Å². The van der Waals surface area contributed by atoms with Gasteiger partial charge in [0.1, 0.15) is 0 Å². The maximum absolute atomic E-state index is 5.78. The minimum atomic E-state index is 0.560. The first kappa shape index (κ1) is 13.8. The predicted molar refractivity (Wildman–Crippen MR) is 76.0 cm³/mol. The van der Waals surface area contributed by atoms with E-state index in [-0.39, 0.29) is 0 Å². The quantitative estimate of drug-likeness (QED) is 0.912. The molecule has 1 fully saturated rings. The van der Waals surface area contributed by atoms with Gasteiger partial charge in [-0.1, -0.05) is 19.3 Å². The Labute approximate surface area is 113 Å². The lowest BCUT2D eigenvalue weighted by Gasteiger charge is -2.23. The van der Waals surface area contributed by atoms with Crippen LogP contribution in [0.4, 0.5) is 5.13 Å². The van der Waals surface area contributed by atoms with Gasteiger partial charge in [0.25, 0.3) is 0 Å². The standard InChI is InChI=1S/C13H23N3OS/c1-17-10-11-12(9-14)18-13(15-11)16-7-5-3-2-4-6-8-16/h2-10,14H2,1H3. The molecule has 0 spiro atoms. The van der Waals surface area contributed by atoms with Gasteiger partial charge in [0.05, 0.1) is 12.3 Å². The van der Waals surface area contributed by atoms with Gasteiger partial charge in [0.15, 0.2) is 5.13 Å². The van der Waals surface area contributed by atoms with Gasteiger partial charge in [-0.3, -0.25) is 0 Å². The maximum atomic E-state index is 5.78. The zero-order chi connectivity index (χ0) is 12.8. The van der Waals surface area contributed by atoms with Gasteiger partial charge >= 0.3 is 0 Å². The van der Waals surface area contributed by atoms with Crippen LogP contribution >= 0.6 is 11.3 Å². The third-order valence-electron chi connectivity index (χ3n) is 3.36. The first-order valence-corrected chi connectivity index (χ1v) is 7.59. The molecule has 1 saturated heterocycles. The second-order valence-electron chi connectivity index (χ2n) is 4.76. The van der Waals surface area contributed by atoms with E-state index in [9.17, 15) is 0 Å². The van der Waals surface area contributed by atoms with Crippen molar-refractivity contribution in [1.82, 2.24) is 4.98 Å². The second kappa shape index (κ2) is 7.07. The average Bonchev–Trinajstić information content (AvgIpc) is 2.72. The second-order valence-corrected chi connectivity index (χ2v) is 5.82. The number of nitrogens with two attached hydrogens (primary N) is 1. The Bertz CT molecular complexity index is 359. The minimum absolute atomic E-state index is 0.560. The Morgan fingerprint density at radius 2 is 1.89 bits per heavy atom. The van der Waals surface area contributed by atoms with E-state index in [0.717, 1.165) is 28.8 Å². The number of aromatic nitrogens is 1. The highest BCUT2D eigenvalue weighted by Gasteiger charge is 2.16. The molecular formula is C13H23N3OS. The fraction of sp³-hybridized carbons (Fsp3) is 0.769. The van der Waals surface area contributed by atoms with Crippen molar-refractivity contribution in [2.75, 3.05) is 25.1 Å². The van der Waals surface area contributed by atoms with Gasteiger partial charge in [-0.2, -0.15) is 0 Å². The molecule has 1 aliphatic rings. The predicted octanol–water partition coefficient (Wildman–Crippen LogP) is 2.52. The van der Waals surface area contributed by atoms with Gasteiger partial charge in [-0.15, -0.1) is 11.3 Å². The number of hydrogen-bond acceptors (Lipinski definition) is 5. The Morgan fingerprint density at radius 3 is 2.50 bits per heavy atom. The van der Waals surface area contributed by atoms with Crippen LogP contribution in [-0.4, -0.2) is 25.2 Å². The molecule has 0 unspecified atom stereocenters. The molecule has 2 rings (SSSR count). The Hall–Kier alpha value is -0.650. The van der Waals surface area contributed by atoms with Crippen molar-refractivity contribution in [3.8, 4) is 0 Å². The van der Waals surface area contributed by atoms with Crippen LogP contribution in [0.1, 0.15) is 42.7 Å². The molecular weight excluding hydrogens is 246 g/mol. The number of thiazole rings is 1. The number of ether oxygens (including phenoxy) is 1. The zero-order valence-electron chi connectivity index (χ0n) is 11.2. The normalized spacial score (nSPS) is 17.6.